The maximum absolute atomic E-state index is 13.1. The van der Waals surface area contributed by atoms with Gasteiger partial charge in [0.25, 0.3) is 0 Å². The second-order valence-electron chi connectivity index (χ2n) is 5.36. The van der Waals surface area contributed by atoms with Crippen molar-refractivity contribution in [2.24, 2.45) is 0 Å². The van der Waals surface area contributed by atoms with Crippen molar-refractivity contribution >= 4 is 11.0 Å². The van der Waals surface area contributed by atoms with Crippen LogP contribution in [0.15, 0.2) is 61.1 Å². The summed E-state index contributed by atoms with van der Waals surface area (Å²) in [6, 6.07) is 12.0. The lowest BCUT2D eigenvalue weighted by molar-refractivity contribution is 0.297. The van der Waals surface area contributed by atoms with E-state index in [4.69, 9.17) is 4.74 Å². The molecule has 2 aromatic carbocycles. The Labute approximate surface area is 141 Å². The molecule has 0 saturated carbocycles. The monoisotopic (exact) mass is 338 g/mol. The van der Waals surface area contributed by atoms with E-state index in [9.17, 15) is 8.78 Å². The summed E-state index contributed by atoms with van der Waals surface area (Å²) in [6.07, 6.45) is 2.97. The van der Waals surface area contributed by atoms with Crippen LogP contribution < -0.4 is 4.74 Å². The van der Waals surface area contributed by atoms with Crippen LogP contribution in [0.5, 0.6) is 5.88 Å². The summed E-state index contributed by atoms with van der Waals surface area (Å²) >= 11 is 0. The molecule has 124 valence electrons. The van der Waals surface area contributed by atoms with Crippen molar-refractivity contribution < 1.29 is 13.5 Å². The number of halogens is 2. The fraction of sp³-hybridized carbons (Fsp3) is 0.0556. The van der Waals surface area contributed by atoms with E-state index in [1.807, 2.05) is 0 Å². The molecule has 4 aromatic rings. The highest BCUT2D eigenvalue weighted by atomic mass is 19.1. The highest BCUT2D eigenvalue weighted by Crippen LogP contribution is 2.24. The lowest BCUT2D eigenvalue weighted by atomic mass is 10.2. The minimum Gasteiger partial charge on any atom is -0.472 e. The molecule has 0 fully saturated rings. The van der Waals surface area contributed by atoms with Crippen LogP contribution in [0, 0.1) is 11.6 Å². The topological polar surface area (TPSA) is 52.8 Å². The normalized spacial score (nSPS) is 11.0. The van der Waals surface area contributed by atoms with Crippen LogP contribution in [0.1, 0.15) is 5.56 Å². The van der Waals surface area contributed by atoms with Crippen LogP contribution in [0.3, 0.4) is 0 Å². The van der Waals surface area contributed by atoms with Gasteiger partial charge in [-0.15, -0.1) is 0 Å². The molecule has 0 radical (unpaired) electrons. The molecule has 0 bridgehead atoms. The maximum Gasteiger partial charge on any atom is 0.228 e. The highest BCUT2D eigenvalue weighted by molar-refractivity contribution is 5.81. The standard InChI is InChI=1S/C18H12F2N4O/c19-13-3-1-12(2-4-13)10-25-18-16-9-23-24(17(16)21-11-22-18)15-7-5-14(20)6-8-15/h1-9,11H,10H2. The average molecular weight is 338 g/mol. The summed E-state index contributed by atoms with van der Waals surface area (Å²) in [4.78, 5) is 8.37. The molecule has 0 spiro atoms. The van der Waals surface area contributed by atoms with Crippen molar-refractivity contribution in [3.63, 3.8) is 0 Å². The molecular formula is C18H12F2N4O. The smallest absolute Gasteiger partial charge is 0.228 e. The van der Waals surface area contributed by atoms with Gasteiger partial charge in [-0.25, -0.2) is 23.4 Å². The summed E-state index contributed by atoms with van der Waals surface area (Å²) in [6.45, 7) is 0.244. The Bertz CT molecular complexity index is 1010. The van der Waals surface area contributed by atoms with E-state index in [1.54, 1.807) is 35.1 Å². The molecule has 0 atom stereocenters. The first-order chi connectivity index (χ1) is 12.2. The molecule has 0 N–H and O–H groups in total. The first-order valence-corrected chi connectivity index (χ1v) is 7.52. The van der Waals surface area contributed by atoms with Gasteiger partial charge in [0.1, 0.15) is 30.0 Å². The Morgan fingerprint density at radius 2 is 1.56 bits per heavy atom. The molecule has 0 saturated heterocycles. The average Bonchev–Trinajstić information content (AvgIpc) is 3.07. The lowest BCUT2D eigenvalue weighted by Gasteiger charge is -2.07. The van der Waals surface area contributed by atoms with Gasteiger partial charge in [-0.3, -0.25) is 0 Å². The molecule has 5 nitrogen and oxygen atoms in total. The zero-order valence-electron chi connectivity index (χ0n) is 12.9. The van der Waals surface area contributed by atoms with Crippen molar-refractivity contribution in [2.45, 2.75) is 6.61 Å². The van der Waals surface area contributed by atoms with Crippen molar-refractivity contribution in [2.75, 3.05) is 0 Å². The van der Waals surface area contributed by atoms with E-state index in [0.29, 0.717) is 22.6 Å². The number of aromatic nitrogens is 4. The van der Waals surface area contributed by atoms with Gasteiger partial charge in [-0.05, 0) is 42.0 Å². The van der Waals surface area contributed by atoms with Gasteiger partial charge in [0.05, 0.1) is 11.9 Å². The fourth-order valence-corrected chi connectivity index (χ4v) is 2.44. The minimum atomic E-state index is -0.321. The van der Waals surface area contributed by atoms with Crippen LogP contribution in [-0.4, -0.2) is 19.7 Å². The molecular weight excluding hydrogens is 326 g/mol. The second-order valence-corrected chi connectivity index (χ2v) is 5.36. The summed E-state index contributed by atoms with van der Waals surface area (Å²) in [5, 5.41) is 4.92. The third-order valence-corrected chi connectivity index (χ3v) is 3.69. The molecule has 2 heterocycles. The third-order valence-electron chi connectivity index (χ3n) is 3.69. The second kappa shape index (κ2) is 6.27. The van der Waals surface area contributed by atoms with E-state index in [-0.39, 0.29) is 18.2 Å². The summed E-state index contributed by atoms with van der Waals surface area (Å²) < 4.78 is 33.4. The van der Waals surface area contributed by atoms with Gasteiger partial charge in [-0.1, -0.05) is 12.1 Å². The SMILES string of the molecule is Fc1ccc(COc2ncnc3c2cnn3-c2ccc(F)cc2)cc1. The third kappa shape index (κ3) is 3.03. The zero-order valence-corrected chi connectivity index (χ0v) is 12.9. The molecule has 7 heteroatoms. The zero-order chi connectivity index (χ0) is 17.2. The first kappa shape index (κ1) is 15.2. The van der Waals surface area contributed by atoms with Crippen LogP contribution in [0.25, 0.3) is 16.7 Å². The maximum atomic E-state index is 13.1. The molecule has 0 aliphatic heterocycles. The van der Waals surface area contributed by atoms with Crippen LogP contribution in [0.4, 0.5) is 8.78 Å². The van der Waals surface area contributed by atoms with Crippen LogP contribution in [-0.2, 0) is 6.61 Å². The van der Waals surface area contributed by atoms with Gasteiger partial charge < -0.3 is 4.74 Å². The quantitative estimate of drug-likeness (QED) is 0.570. The number of ether oxygens (including phenoxy) is 1. The lowest BCUT2D eigenvalue weighted by Crippen LogP contribution is -2.00. The molecule has 0 aliphatic rings. The summed E-state index contributed by atoms with van der Waals surface area (Å²) in [5.41, 5.74) is 2.05. The number of nitrogens with zero attached hydrogens (tertiary/aromatic N) is 4. The van der Waals surface area contributed by atoms with Gasteiger partial charge in [0, 0.05) is 0 Å². The highest BCUT2D eigenvalue weighted by Gasteiger charge is 2.12. The molecule has 0 aliphatic carbocycles. The van der Waals surface area contributed by atoms with Crippen LogP contribution >= 0.6 is 0 Å². The number of fused-ring (bicyclic) bond motifs is 1. The van der Waals surface area contributed by atoms with E-state index >= 15 is 0 Å². The van der Waals surface area contributed by atoms with Gasteiger partial charge in [0.15, 0.2) is 5.65 Å². The Kier molecular flexibility index (Phi) is 3.81. The number of hydrogen-bond donors (Lipinski definition) is 0. The summed E-state index contributed by atoms with van der Waals surface area (Å²) in [7, 11) is 0. The van der Waals surface area contributed by atoms with Crippen molar-refractivity contribution in [1.29, 1.82) is 0 Å². The van der Waals surface area contributed by atoms with E-state index in [2.05, 4.69) is 15.1 Å². The van der Waals surface area contributed by atoms with Crippen molar-refractivity contribution in [3.8, 4) is 11.6 Å². The van der Waals surface area contributed by atoms with E-state index in [0.717, 1.165) is 5.56 Å². The summed E-state index contributed by atoms with van der Waals surface area (Å²) in [5.74, 6) is -0.241. The number of rotatable bonds is 4. The van der Waals surface area contributed by atoms with Crippen molar-refractivity contribution in [1.82, 2.24) is 19.7 Å². The van der Waals surface area contributed by atoms with Crippen molar-refractivity contribution in [3.05, 3.63) is 78.3 Å². The van der Waals surface area contributed by atoms with Gasteiger partial charge in [0.2, 0.25) is 5.88 Å². The van der Waals surface area contributed by atoms with E-state index < -0.39 is 0 Å². The van der Waals surface area contributed by atoms with E-state index in [1.165, 1.54) is 30.6 Å². The molecule has 25 heavy (non-hydrogen) atoms. The largest absolute Gasteiger partial charge is 0.472 e. The Morgan fingerprint density at radius 1 is 0.880 bits per heavy atom. The molecule has 4 rings (SSSR count). The number of benzene rings is 2. The van der Waals surface area contributed by atoms with Gasteiger partial charge >= 0.3 is 0 Å². The Hall–Kier alpha value is -3.35. The Balaban J connectivity index is 1.64. The predicted molar refractivity (Wildman–Crippen MR) is 87.4 cm³/mol. The molecule has 0 unspecified atom stereocenters. The molecule has 0 amide bonds. The Morgan fingerprint density at radius 3 is 2.28 bits per heavy atom. The predicted octanol–water partition coefficient (Wildman–Crippen LogP) is 3.67. The minimum absolute atomic E-state index is 0.244. The van der Waals surface area contributed by atoms with Gasteiger partial charge in [-0.2, -0.15) is 5.10 Å². The van der Waals surface area contributed by atoms with Crippen LogP contribution in [0.2, 0.25) is 0 Å². The fourth-order valence-electron chi connectivity index (χ4n) is 2.44. The number of hydrogen-bond acceptors (Lipinski definition) is 4. The molecule has 2 aromatic heterocycles. The first-order valence-electron chi connectivity index (χ1n) is 7.52.